The lowest BCUT2D eigenvalue weighted by atomic mass is 9.91. The molecule has 0 aliphatic carbocycles. The van der Waals surface area contributed by atoms with Crippen LogP contribution in [0.3, 0.4) is 0 Å². The van der Waals surface area contributed by atoms with Gasteiger partial charge in [-0.2, -0.15) is 5.26 Å². The van der Waals surface area contributed by atoms with Crippen molar-refractivity contribution in [2.75, 3.05) is 7.11 Å². The molecule has 0 amide bonds. The van der Waals surface area contributed by atoms with Crippen LogP contribution in [0.4, 0.5) is 0 Å². The maximum Gasteiger partial charge on any atom is 0.185 e. The van der Waals surface area contributed by atoms with E-state index in [2.05, 4.69) is 15.9 Å². The van der Waals surface area contributed by atoms with Crippen LogP contribution in [0.1, 0.15) is 21.8 Å². The van der Waals surface area contributed by atoms with Crippen LogP contribution in [0.15, 0.2) is 46.9 Å². The van der Waals surface area contributed by atoms with Gasteiger partial charge in [0.2, 0.25) is 0 Å². The molecule has 0 radical (unpaired) electrons. The average molecular weight is 365 g/mol. The molecule has 0 spiro atoms. The third-order valence-electron chi connectivity index (χ3n) is 3.04. The Bertz CT molecular complexity index is 724. The maximum absolute atomic E-state index is 12.6. The third kappa shape index (κ3) is 3.26. The summed E-state index contributed by atoms with van der Waals surface area (Å²) in [6.45, 7) is 0. The van der Waals surface area contributed by atoms with E-state index < -0.39 is 5.92 Å². The number of hydrogen-bond donors (Lipinski definition) is 0. The molecule has 2 aromatic carbocycles. The zero-order valence-corrected chi connectivity index (χ0v) is 13.5. The fourth-order valence-electron chi connectivity index (χ4n) is 2.02. The largest absolute Gasteiger partial charge is 0.496 e. The van der Waals surface area contributed by atoms with Gasteiger partial charge in [0.15, 0.2) is 5.78 Å². The Labute approximate surface area is 136 Å². The highest BCUT2D eigenvalue weighted by Crippen LogP contribution is 2.31. The Morgan fingerprint density at radius 2 is 2.05 bits per heavy atom. The predicted molar refractivity (Wildman–Crippen MR) is 84.8 cm³/mol. The number of halogens is 2. The molecule has 5 heteroatoms. The molecule has 0 saturated carbocycles. The van der Waals surface area contributed by atoms with E-state index in [0.717, 1.165) is 0 Å². The van der Waals surface area contributed by atoms with E-state index in [9.17, 15) is 10.1 Å². The van der Waals surface area contributed by atoms with E-state index in [4.69, 9.17) is 16.3 Å². The molecule has 0 aliphatic heterocycles. The van der Waals surface area contributed by atoms with E-state index in [1.165, 1.54) is 7.11 Å². The maximum atomic E-state index is 12.6. The molecule has 21 heavy (non-hydrogen) atoms. The number of methoxy groups -OCH3 is 1. The molecule has 1 unspecified atom stereocenters. The number of rotatable bonds is 4. The second-order valence-corrected chi connectivity index (χ2v) is 5.58. The van der Waals surface area contributed by atoms with Crippen molar-refractivity contribution in [3.05, 3.63) is 63.1 Å². The number of Topliss-reactive ketones (excluding diaryl/α,β-unsaturated/α-hetero) is 1. The van der Waals surface area contributed by atoms with Crippen molar-refractivity contribution in [1.29, 1.82) is 5.26 Å². The molecule has 106 valence electrons. The summed E-state index contributed by atoms with van der Waals surface area (Å²) in [5.41, 5.74) is 0.964. The normalized spacial score (nSPS) is 11.5. The molecule has 1 atom stereocenters. The fraction of sp³-hybridized carbons (Fsp3) is 0.125. The van der Waals surface area contributed by atoms with Gasteiger partial charge in [-0.3, -0.25) is 4.79 Å². The van der Waals surface area contributed by atoms with Crippen molar-refractivity contribution < 1.29 is 9.53 Å². The fourth-order valence-corrected chi connectivity index (χ4v) is 2.90. The summed E-state index contributed by atoms with van der Waals surface area (Å²) in [5, 5.41) is 9.93. The van der Waals surface area contributed by atoms with Gasteiger partial charge in [0.1, 0.15) is 11.7 Å². The summed E-state index contributed by atoms with van der Waals surface area (Å²) in [7, 11) is 1.51. The van der Waals surface area contributed by atoms with E-state index in [1.807, 2.05) is 6.07 Å². The minimum atomic E-state index is -0.932. The van der Waals surface area contributed by atoms with Gasteiger partial charge < -0.3 is 4.74 Å². The van der Waals surface area contributed by atoms with Gasteiger partial charge >= 0.3 is 0 Å². The first-order chi connectivity index (χ1) is 10.1. The Kier molecular flexibility index (Phi) is 5.00. The van der Waals surface area contributed by atoms with Gasteiger partial charge in [-0.05, 0) is 40.2 Å². The number of ketones is 1. The molecule has 2 aromatic rings. The number of benzene rings is 2. The molecule has 0 saturated heterocycles. The van der Waals surface area contributed by atoms with Crippen molar-refractivity contribution in [1.82, 2.24) is 0 Å². The van der Waals surface area contributed by atoms with Crippen LogP contribution >= 0.6 is 27.5 Å². The van der Waals surface area contributed by atoms with Crippen LogP contribution in [0.2, 0.25) is 5.02 Å². The van der Waals surface area contributed by atoms with Crippen molar-refractivity contribution in [2.45, 2.75) is 5.92 Å². The second kappa shape index (κ2) is 6.75. The second-order valence-electron chi connectivity index (χ2n) is 4.29. The standard InChI is InChI=1S/C16H11BrClNO2/c1-21-15-5-3-2-4-11(15)13(9-19)16(20)12-7-6-10(18)8-14(12)17/h2-8,13H,1H3. The molecular formula is C16H11BrClNO2. The third-order valence-corrected chi connectivity index (χ3v) is 3.93. The van der Waals surface area contributed by atoms with Crippen molar-refractivity contribution in [2.24, 2.45) is 0 Å². The topological polar surface area (TPSA) is 50.1 Å². The molecule has 0 fully saturated rings. The van der Waals surface area contributed by atoms with Gasteiger partial charge in [-0.15, -0.1) is 0 Å². The smallest absolute Gasteiger partial charge is 0.185 e. The van der Waals surface area contributed by atoms with Crippen molar-refractivity contribution in [3.63, 3.8) is 0 Å². The summed E-state index contributed by atoms with van der Waals surface area (Å²) >= 11 is 9.18. The van der Waals surface area contributed by atoms with Crippen LogP contribution < -0.4 is 4.74 Å². The number of ether oxygens (including phenoxy) is 1. The average Bonchev–Trinajstić information content (AvgIpc) is 2.48. The number of para-hydroxylation sites is 1. The Morgan fingerprint density at radius 3 is 2.67 bits per heavy atom. The zero-order valence-electron chi connectivity index (χ0n) is 11.1. The molecular weight excluding hydrogens is 354 g/mol. The Morgan fingerprint density at radius 1 is 1.33 bits per heavy atom. The number of nitrogens with zero attached hydrogens (tertiary/aromatic N) is 1. The van der Waals surface area contributed by atoms with E-state index in [1.54, 1.807) is 42.5 Å². The van der Waals surface area contributed by atoms with E-state index in [0.29, 0.717) is 26.4 Å². The summed E-state index contributed by atoms with van der Waals surface area (Å²) in [6.07, 6.45) is 0. The van der Waals surface area contributed by atoms with Gasteiger partial charge in [-0.1, -0.05) is 29.8 Å². The summed E-state index contributed by atoms with van der Waals surface area (Å²) in [5.74, 6) is -0.716. The van der Waals surface area contributed by atoms with E-state index >= 15 is 0 Å². The summed E-state index contributed by atoms with van der Waals surface area (Å²) < 4.78 is 5.79. The van der Waals surface area contributed by atoms with Crippen LogP contribution in [0.25, 0.3) is 0 Å². The molecule has 0 aromatic heterocycles. The lowest BCUT2D eigenvalue weighted by molar-refractivity contribution is 0.0977. The van der Waals surface area contributed by atoms with E-state index in [-0.39, 0.29) is 5.78 Å². The lowest BCUT2D eigenvalue weighted by Crippen LogP contribution is -2.13. The number of nitriles is 1. The first-order valence-electron chi connectivity index (χ1n) is 6.10. The first-order valence-corrected chi connectivity index (χ1v) is 7.27. The SMILES string of the molecule is COc1ccccc1C(C#N)C(=O)c1ccc(Cl)cc1Br. The van der Waals surface area contributed by atoms with Crippen LogP contribution in [-0.2, 0) is 0 Å². The van der Waals surface area contributed by atoms with Crippen LogP contribution in [0.5, 0.6) is 5.75 Å². The van der Waals surface area contributed by atoms with Gasteiger partial charge in [0.05, 0.1) is 13.2 Å². The number of carbonyl (C=O) groups is 1. The van der Waals surface area contributed by atoms with Crippen LogP contribution in [0, 0.1) is 11.3 Å². The molecule has 3 nitrogen and oxygen atoms in total. The molecule has 2 rings (SSSR count). The Balaban J connectivity index is 2.46. The number of carbonyl (C=O) groups excluding carboxylic acids is 1. The highest BCUT2D eigenvalue weighted by atomic mass is 79.9. The number of hydrogen-bond acceptors (Lipinski definition) is 3. The molecule has 0 N–H and O–H groups in total. The quantitative estimate of drug-likeness (QED) is 0.745. The zero-order chi connectivity index (χ0) is 15.4. The van der Waals surface area contributed by atoms with Gasteiger partial charge in [-0.25, -0.2) is 0 Å². The van der Waals surface area contributed by atoms with Crippen molar-refractivity contribution >= 4 is 33.3 Å². The highest BCUT2D eigenvalue weighted by molar-refractivity contribution is 9.10. The lowest BCUT2D eigenvalue weighted by Gasteiger charge is -2.13. The molecule has 0 bridgehead atoms. The minimum absolute atomic E-state index is 0.300. The first kappa shape index (κ1) is 15.6. The highest BCUT2D eigenvalue weighted by Gasteiger charge is 2.26. The summed E-state index contributed by atoms with van der Waals surface area (Å²) in [6, 6.07) is 13.9. The molecule has 0 aliphatic rings. The predicted octanol–water partition coefficient (Wildman–Crippen LogP) is 4.60. The van der Waals surface area contributed by atoms with Gasteiger partial charge in [0.25, 0.3) is 0 Å². The summed E-state index contributed by atoms with van der Waals surface area (Å²) in [4.78, 5) is 12.6. The van der Waals surface area contributed by atoms with Gasteiger partial charge in [0, 0.05) is 20.6 Å². The van der Waals surface area contributed by atoms with Crippen molar-refractivity contribution in [3.8, 4) is 11.8 Å². The van der Waals surface area contributed by atoms with Crippen LogP contribution in [-0.4, -0.2) is 12.9 Å². The minimum Gasteiger partial charge on any atom is -0.496 e. The molecule has 0 heterocycles. The Hall–Kier alpha value is -1.83. The monoisotopic (exact) mass is 363 g/mol.